The van der Waals surface area contributed by atoms with Crippen molar-refractivity contribution < 1.29 is 9.47 Å². The predicted molar refractivity (Wildman–Crippen MR) is 124 cm³/mol. The Kier molecular flexibility index (Phi) is 6.70. The Balaban J connectivity index is 1.19. The molecule has 0 spiro atoms. The summed E-state index contributed by atoms with van der Waals surface area (Å²) in [6.45, 7) is 7.18. The summed E-state index contributed by atoms with van der Waals surface area (Å²) in [6.07, 6.45) is 6.50. The second kappa shape index (κ2) is 9.83. The molecule has 2 atom stereocenters. The minimum atomic E-state index is -0.540. The Morgan fingerprint density at radius 3 is 2.13 bits per heavy atom. The van der Waals surface area contributed by atoms with Crippen LogP contribution in [0.15, 0.2) is 60.7 Å². The highest BCUT2D eigenvalue weighted by Crippen LogP contribution is 2.46. The molecule has 1 aliphatic carbocycles. The van der Waals surface area contributed by atoms with E-state index in [1.54, 1.807) is 0 Å². The van der Waals surface area contributed by atoms with E-state index in [1.807, 2.05) is 0 Å². The van der Waals surface area contributed by atoms with Crippen molar-refractivity contribution >= 4 is 0 Å². The van der Waals surface area contributed by atoms with E-state index in [-0.39, 0.29) is 6.10 Å². The van der Waals surface area contributed by atoms with Crippen LogP contribution in [0.4, 0.5) is 0 Å². The van der Waals surface area contributed by atoms with Gasteiger partial charge in [0, 0.05) is 50.7 Å². The molecular weight excluding hydrogens is 384 g/mol. The number of hydrogen-bond donors (Lipinski definition) is 0. The van der Waals surface area contributed by atoms with Gasteiger partial charge in [-0.05, 0) is 18.4 Å². The number of piperazine rings is 1. The minimum Gasteiger partial charge on any atom is -0.343 e. The van der Waals surface area contributed by atoms with Gasteiger partial charge in [-0.2, -0.15) is 0 Å². The molecule has 3 fully saturated rings. The number of hydrogen-bond acceptors (Lipinski definition) is 4. The lowest BCUT2D eigenvalue weighted by molar-refractivity contribution is -0.222. The zero-order valence-electron chi connectivity index (χ0n) is 18.6. The van der Waals surface area contributed by atoms with Crippen LogP contribution in [0.3, 0.4) is 0 Å². The fourth-order valence-corrected chi connectivity index (χ4v) is 5.64. The van der Waals surface area contributed by atoms with Gasteiger partial charge in [-0.25, -0.2) is 0 Å². The van der Waals surface area contributed by atoms with Crippen molar-refractivity contribution in [1.82, 2.24) is 9.80 Å². The molecule has 166 valence electrons. The zero-order chi connectivity index (χ0) is 20.9. The maximum Gasteiger partial charge on any atom is 0.198 e. The second-order valence-corrected chi connectivity index (χ2v) is 9.48. The van der Waals surface area contributed by atoms with Crippen molar-refractivity contribution in [2.24, 2.45) is 5.92 Å². The lowest BCUT2D eigenvalue weighted by Gasteiger charge is -2.39. The lowest BCUT2D eigenvalue weighted by Crippen LogP contribution is -2.48. The number of nitrogens with zero attached hydrogens (tertiary/aromatic N) is 2. The Bertz CT molecular complexity index is 801. The van der Waals surface area contributed by atoms with Crippen molar-refractivity contribution in [3.05, 3.63) is 71.8 Å². The van der Waals surface area contributed by atoms with Gasteiger partial charge in [0.05, 0.1) is 12.7 Å². The number of benzene rings is 2. The summed E-state index contributed by atoms with van der Waals surface area (Å²) in [7, 11) is 0. The molecule has 5 rings (SSSR count). The van der Waals surface area contributed by atoms with E-state index in [0.717, 1.165) is 39.3 Å². The summed E-state index contributed by atoms with van der Waals surface area (Å²) >= 11 is 0. The van der Waals surface area contributed by atoms with Crippen LogP contribution in [-0.4, -0.2) is 55.2 Å². The normalized spacial score (nSPS) is 28.7. The molecule has 0 radical (unpaired) electrons. The highest BCUT2D eigenvalue weighted by Gasteiger charge is 2.49. The van der Waals surface area contributed by atoms with Gasteiger partial charge in [0.1, 0.15) is 0 Å². The first kappa shape index (κ1) is 21.1. The summed E-state index contributed by atoms with van der Waals surface area (Å²) in [4.78, 5) is 5.13. The molecule has 3 aliphatic rings. The smallest absolute Gasteiger partial charge is 0.198 e. The summed E-state index contributed by atoms with van der Waals surface area (Å²) in [5, 5.41) is 0. The molecule has 2 heterocycles. The van der Waals surface area contributed by atoms with E-state index in [1.165, 1.54) is 43.2 Å². The Hall–Kier alpha value is -1.72. The standard InChI is InChI=1S/C27H36N2O2/c1-4-10-23(11-5-1)20-28-16-18-29(19-17-28)21-26-22-30-27(31-26,24-12-6-2-7-13-24)25-14-8-3-9-15-25/h1-2,4-7,10-13,25-26H,3,8-9,14-22H2/t26-,27-/m1/s1. The first-order valence-electron chi connectivity index (χ1n) is 12.2. The molecule has 0 bridgehead atoms. The second-order valence-electron chi connectivity index (χ2n) is 9.48. The van der Waals surface area contributed by atoms with Crippen molar-refractivity contribution in [3.63, 3.8) is 0 Å². The van der Waals surface area contributed by atoms with Gasteiger partial charge in [0.2, 0.25) is 0 Å². The van der Waals surface area contributed by atoms with Crippen LogP contribution >= 0.6 is 0 Å². The van der Waals surface area contributed by atoms with E-state index in [2.05, 4.69) is 70.5 Å². The van der Waals surface area contributed by atoms with Gasteiger partial charge in [-0.1, -0.05) is 79.9 Å². The molecular formula is C27H36N2O2. The van der Waals surface area contributed by atoms with Crippen molar-refractivity contribution in [1.29, 1.82) is 0 Å². The van der Waals surface area contributed by atoms with Crippen LogP contribution in [0, 0.1) is 5.92 Å². The average Bonchev–Trinajstić information content (AvgIpc) is 3.27. The third-order valence-corrected chi connectivity index (χ3v) is 7.32. The Morgan fingerprint density at radius 2 is 1.42 bits per heavy atom. The van der Waals surface area contributed by atoms with Crippen molar-refractivity contribution in [2.45, 2.75) is 50.5 Å². The zero-order valence-corrected chi connectivity index (χ0v) is 18.6. The van der Waals surface area contributed by atoms with Crippen LogP contribution in [0.5, 0.6) is 0 Å². The largest absolute Gasteiger partial charge is 0.343 e. The third-order valence-electron chi connectivity index (χ3n) is 7.32. The first-order chi connectivity index (χ1) is 15.3. The van der Waals surface area contributed by atoms with Gasteiger partial charge in [0.15, 0.2) is 5.79 Å². The van der Waals surface area contributed by atoms with Crippen LogP contribution in [0.1, 0.15) is 43.2 Å². The molecule has 0 N–H and O–H groups in total. The monoisotopic (exact) mass is 420 g/mol. The summed E-state index contributed by atoms with van der Waals surface area (Å²) < 4.78 is 13.4. The van der Waals surface area contributed by atoms with Gasteiger partial charge in [-0.3, -0.25) is 9.80 Å². The van der Waals surface area contributed by atoms with Gasteiger partial charge in [-0.15, -0.1) is 0 Å². The summed E-state index contributed by atoms with van der Waals surface area (Å²) in [6, 6.07) is 21.5. The molecule has 4 nitrogen and oxygen atoms in total. The molecule has 2 aliphatic heterocycles. The fraction of sp³-hybridized carbons (Fsp3) is 0.556. The number of ether oxygens (including phenoxy) is 2. The quantitative estimate of drug-likeness (QED) is 0.679. The van der Waals surface area contributed by atoms with E-state index in [4.69, 9.17) is 9.47 Å². The van der Waals surface area contributed by atoms with E-state index in [9.17, 15) is 0 Å². The molecule has 2 aromatic carbocycles. The van der Waals surface area contributed by atoms with Gasteiger partial charge in [0.25, 0.3) is 0 Å². The SMILES string of the molecule is c1ccc(CN2CCN(C[C@@H]3CO[C@@](c4ccccc4)(C4CCCCC4)O3)CC2)cc1. The average molecular weight is 421 g/mol. The molecule has 1 saturated carbocycles. The topological polar surface area (TPSA) is 24.9 Å². The lowest BCUT2D eigenvalue weighted by atomic mass is 9.80. The molecule has 0 amide bonds. The minimum absolute atomic E-state index is 0.155. The molecule has 0 aromatic heterocycles. The van der Waals surface area contributed by atoms with Crippen LogP contribution in [-0.2, 0) is 21.8 Å². The number of rotatable bonds is 6. The van der Waals surface area contributed by atoms with Gasteiger partial charge >= 0.3 is 0 Å². The maximum absolute atomic E-state index is 6.82. The van der Waals surface area contributed by atoms with E-state index >= 15 is 0 Å². The van der Waals surface area contributed by atoms with Gasteiger partial charge < -0.3 is 9.47 Å². The summed E-state index contributed by atoms with van der Waals surface area (Å²) in [5.74, 6) is -0.0713. The van der Waals surface area contributed by atoms with E-state index in [0.29, 0.717) is 12.5 Å². The molecule has 4 heteroatoms. The van der Waals surface area contributed by atoms with Crippen LogP contribution in [0.25, 0.3) is 0 Å². The fourth-order valence-electron chi connectivity index (χ4n) is 5.64. The molecule has 31 heavy (non-hydrogen) atoms. The summed E-state index contributed by atoms with van der Waals surface area (Å²) in [5.41, 5.74) is 2.61. The highest BCUT2D eigenvalue weighted by atomic mass is 16.7. The van der Waals surface area contributed by atoms with Crippen molar-refractivity contribution in [2.75, 3.05) is 39.3 Å². The molecule has 2 aromatic rings. The Morgan fingerprint density at radius 1 is 0.774 bits per heavy atom. The van der Waals surface area contributed by atoms with E-state index < -0.39 is 5.79 Å². The first-order valence-corrected chi connectivity index (χ1v) is 12.2. The maximum atomic E-state index is 6.82. The molecule has 2 saturated heterocycles. The third kappa shape index (κ3) is 4.88. The highest BCUT2D eigenvalue weighted by molar-refractivity contribution is 5.22. The predicted octanol–water partition coefficient (Wildman–Crippen LogP) is 4.65. The van der Waals surface area contributed by atoms with Crippen LogP contribution < -0.4 is 0 Å². The van der Waals surface area contributed by atoms with Crippen molar-refractivity contribution in [3.8, 4) is 0 Å². The Labute approximate surface area is 187 Å². The molecule has 0 unspecified atom stereocenters. The van der Waals surface area contributed by atoms with Crippen LogP contribution in [0.2, 0.25) is 0 Å².